The topological polar surface area (TPSA) is 22.1 Å². The third-order valence-corrected chi connectivity index (χ3v) is 1.87. The van der Waals surface area contributed by atoms with Crippen molar-refractivity contribution in [1.29, 1.82) is 0 Å². The minimum absolute atomic E-state index is 0.441. The van der Waals surface area contributed by atoms with E-state index < -0.39 is 0 Å². The van der Waals surface area contributed by atoms with Gasteiger partial charge in [-0.15, -0.1) is 0 Å². The zero-order valence-corrected chi connectivity index (χ0v) is 8.32. The quantitative estimate of drug-likeness (QED) is 0.737. The van der Waals surface area contributed by atoms with E-state index in [2.05, 4.69) is 20.9 Å². The minimum Gasteiger partial charge on any atom is -0.477 e. The van der Waals surface area contributed by atoms with Gasteiger partial charge in [-0.05, 0) is 35.0 Å². The largest absolute Gasteiger partial charge is 0.477 e. The van der Waals surface area contributed by atoms with Crippen LogP contribution in [0.2, 0.25) is 5.15 Å². The molecule has 0 aliphatic rings. The lowest BCUT2D eigenvalue weighted by atomic mass is 10.5. The Bertz CT molecular complexity index is 254. The second-order valence-corrected chi connectivity index (χ2v) is 3.10. The van der Waals surface area contributed by atoms with Crippen LogP contribution in [0.1, 0.15) is 6.92 Å². The molecule has 1 heterocycles. The predicted molar refractivity (Wildman–Crippen MR) is 48.1 cm³/mol. The van der Waals surface area contributed by atoms with Crippen molar-refractivity contribution < 1.29 is 4.74 Å². The summed E-state index contributed by atoms with van der Waals surface area (Å²) in [5, 5.41) is 0.441. The third kappa shape index (κ3) is 2.34. The highest BCUT2D eigenvalue weighted by Gasteiger charge is 2.01. The molecule has 0 amide bonds. The van der Waals surface area contributed by atoms with Crippen LogP contribution in [0.5, 0.6) is 5.88 Å². The van der Waals surface area contributed by atoms with Gasteiger partial charge in [0.1, 0.15) is 5.15 Å². The fourth-order valence-electron chi connectivity index (χ4n) is 0.639. The first kappa shape index (κ1) is 8.81. The zero-order valence-electron chi connectivity index (χ0n) is 5.97. The van der Waals surface area contributed by atoms with Crippen molar-refractivity contribution in [1.82, 2.24) is 4.98 Å². The molecule has 0 N–H and O–H groups in total. The monoisotopic (exact) mass is 235 g/mol. The standard InChI is InChI=1S/C7H7BrClNO/c1-2-11-7-5(8)3-4-6(9)10-7/h3-4H,2H2,1H3. The number of aromatic nitrogens is 1. The van der Waals surface area contributed by atoms with E-state index in [-0.39, 0.29) is 0 Å². The maximum atomic E-state index is 5.64. The Hall–Kier alpha value is -0.280. The summed E-state index contributed by atoms with van der Waals surface area (Å²) in [4.78, 5) is 3.96. The molecule has 4 heteroatoms. The molecule has 0 spiro atoms. The van der Waals surface area contributed by atoms with Crippen LogP contribution in [-0.2, 0) is 0 Å². The van der Waals surface area contributed by atoms with Crippen LogP contribution in [0.3, 0.4) is 0 Å². The minimum atomic E-state index is 0.441. The number of halogens is 2. The molecular weight excluding hydrogens is 229 g/mol. The molecule has 0 aliphatic heterocycles. The molecule has 1 rings (SSSR count). The first-order valence-electron chi connectivity index (χ1n) is 3.19. The molecule has 11 heavy (non-hydrogen) atoms. The van der Waals surface area contributed by atoms with Crippen LogP contribution < -0.4 is 4.74 Å². The summed E-state index contributed by atoms with van der Waals surface area (Å²) in [7, 11) is 0. The number of hydrogen-bond donors (Lipinski definition) is 0. The van der Waals surface area contributed by atoms with E-state index in [4.69, 9.17) is 16.3 Å². The Morgan fingerprint density at radius 3 is 3.00 bits per heavy atom. The van der Waals surface area contributed by atoms with Gasteiger partial charge in [-0.3, -0.25) is 0 Å². The Balaban J connectivity index is 2.93. The summed E-state index contributed by atoms with van der Waals surface area (Å²) >= 11 is 8.93. The fourth-order valence-corrected chi connectivity index (χ4v) is 1.11. The molecular formula is C7H7BrClNO. The van der Waals surface area contributed by atoms with Crippen molar-refractivity contribution in [3.05, 3.63) is 21.8 Å². The van der Waals surface area contributed by atoms with Crippen LogP contribution >= 0.6 is 27.5 Å². The van der Waals surface area contributed by atoms with Crippen LogP contribution in [0.25, 0.3) is 0 Å². The molecule has 2 nitrogen and oxygen atoms in total. The maximum Gasteiger partial charge on any atom is 0.229 e. The van der Waals surface area contributed by atoms with Crippen molar-refractivity contribution in [2.75, 3.05) is 6.61 Å². The van der Waals surface area contributed by atoms with Crippen LogP contribution in [0.15, 0.2) is 16.6 Å². The third-order valence-electron chi connectivity index (χ3n) is 1.06. The van der Waals surface area contributed by atoms with Crippen molar-refractivity contribution >= 4 is 27.5 Å². The molecule has 0 bridgehead atoms. The van der Waals surface area contributed by atoms with Gasteiger partial charge in [-0.1, -0.05) is 11.6 Å². The maximum absolute atomic E-state index is 5.64. The molecule has 0 saturated heterocycles. The molecule has 0 radical (unpaired) electrons. The molecule has 1 aromatic rings. The number of rotatable bonds is 2. The number of pyridine rings is 1. The lowest BCUT2D eigenvalue weighted by Gasteiger charge is -2.03. The van der Waals surface area contributed by atoms with Gasteiger partial charge in [-0.2, -0.15) is 0 Å². The van der Waals surface area contributed by atoms with Crippen LogP contribution in [0, 0.1) is 0 Å². The first-order valence-corrected chi connectivity index (χ1v) is 4.36. The summed E-state index contributed by atoms with van der Waals surface area (Å²) in [6.45, 7) is 2.49. The van der Waals surface area contributed by atoms with Crippen molar-refractivity contribution in [3.8, 4) is 5.88 Å². The Labute approximate surface area is 78.7 Å². The molecule has 1 aromatic heterocycles. The average Bonchev–Trinajstić information content (AvgIpc) is 1.98. The van der Waals surface area contributed by atoms with Gasteiger partial charge in [0.05, 0.1) is 11.1 Å². The Morgan fingerprint density at radius 2 is 2.36 bits per heavy atom. The lowest BCUT2D eigenvalue weighted by Crippen LogP contribution is -1.94. The van der Waals surface area contributed by atoms with Crippen LogP contribution in [-0.4, -0.2) is 11.6 Å². The van der Waals surface area contributed by atoms with E-state index in [1.165, 1.54) is 0 Å². The smallest absolute Gasteiger partial charge is 0.229 e. The van der Waals surface area contributed by atoms with E-state index in [0.717, 1.165) is 4.47 Å². The SMILES string of the molecule is CCOc1nc(Cl)ccc1Br. The van der Waals surface area contributed by atoms with Gasteiger partial charge >= 0.3 is 0 Å². The average molecular weight is 236 g/mol. The van der Waals surface area contributed by atoms with Crippen molar-refractivity contribution in [3.63, 3.8) is 0 Å². The van der Waals surface area contributed by atoms with Gasteiger partial charge in [-0.25, -0.2) is 4.98 Å². The summed E-state index contributed by atoms with van der Waals surface area (Å²) < 4.78 is 6.00. The molecule has 0 aliphatic carbocycles. The fraction of sp³-hybridized carbons (Fsp3) is 0.286. The predicted octanol–water partition coefficient (Wildman–Crippen LogP) is 2.90. The van der Waals surface area contributed by atoms with Gasteiger partial charge < -0.3 is 4.74 Å². The normalized spacial score (nSPS) is 9.73. The molecule has 0 unspecified atom stereocenters. The molecule has 0 fully saturated rings. The van der Waals surface area contributed by atoms with E-state index in [1.54, 1.807) is 12.1 Å². The summed E-state index contributed by atoms with van der Waals surface area (Å²) in [5.41, 5.74) is 0. The highest BCUT2D eigenvalue weighted by Crippen LogP contribution is 2.23. The number of hydrogen-bond acceptors (Lipinski definition) is 2. The van der Waals surface area contributed by atoms with E-state index in [0.29, 0.717) is 17.6 Å². The Morgan fingerprint density at radius 1 is 1.64 bits per heavy atom. The molecule has 0 atom stereocenters. The van der Waals surface area contributed by atoms with Crippen molar-refractivity contribution in [2.45, 2.75) is 6.92 Å². The zero-order chi connectivity index (χ0) is 8.27. The van der Waals surface area contributed by atoms with Gasteiger partial charge in [0.15, 0.2) is 0 Å². The van der Waals surface area contributed by atoms with Gasteiger partial charge in [0.25, 0.3) is 0 Å². The number of nitrogens with zero attached hydrogens (tertiary/aromatic N) is 1. The van der Waals surface area contributed by atoms with E-state index in [1.807, 2.05) is 6.92 Å². The van der Waals surface area contributed by atoms with Gasteiger partial charge in [0, 0.05) is 0 Å². The van der Waals surface area contributed by atoms with E-state index >= 15 is 0 Å². The summed E-state index contributed by atoms with van der Waals surface area (Å²) in [6, 6.07) is 3.51. The van der Waals surface area contributed by atoms with Crippen LogP contribution in [0.4, 0.5) is 0 Å². The van der Waals surface area contributed by atoms with Gasteiger partial charge in [0.2, 0.25) is 5.88 Å². The number of ether oxygens (including phenoxy) is 1. The lowest BCUT2D eigenvalue weighted by molar-refractivity contribution is 0.324. The second-order valence-electron chi connectivity index (χ2n) is 1.85. The molecule has 60 valence electrons. The van der Waals surface area contributed by atoms with Crippen molar-refractivity contribution in [2.24, 2.45) is 0 Å². The summed E-state index contributed by atoms with van der Waals surface area (Å²) in [6.07, 6.45) is 0. The van der Waals surface area contributed by atoms with E-state index in [9.17, 15) is 0 Å². The summed E-state index contributed by atoms with van der Waals surface area (Å²) in [5.74, 6) is 0.542. The molecule has 0 aromatic carbocycles. The Kier molecular flexibility index (Phi) is 3.15. The highest BCUT2D eigenvalue weighted by molar-refractivity contribution is 9.10. The highest BCUT2D eigenvalue weighted by atomic mass is 79.9. The first-order chi connectivity index (χ1) is 5.24. The second kappa shape index (κ2) is 3.93. The molecule has 0 saturated carbocycles.